The van der Waals surface area contributed by atoms with Crippen molar-refractivity contribution in [2.24, 2.45) is 11.8 Å². The highest BCUT2D eigenvalue weighted by Crippen LogP contribution is 2.47. The highest BCUT2D eigenvalue weighted by atomic mass is 16.5. The van der Waals surface area contributed by atoms with Gasteiger partial charge in [-0.1, -0.05) is 6.92 Å². The van der Waals surface area contributed by atoms with Crippen molar-refractivity contribution in [2.75, 3.05) is 20.2 Å². The fourth-order valence-electron chi connectivity index (χ4n) is 3.31. The maximum absolute atomic E-state index is 10.8. The zero-order valence-corrected chi connectivity index (χ0v) is 11.7. The standard InChI is InChI=1S/C14H23N3O2/c1-11-7-16(9-14(11,18)12-3-4-12)8-13-15-5-6-17(13)10-19-2/h5-6,11-12,18H,3-4,7-10H2,1-2H3/t11-,14+/m1/s1. The predicted octanol–water partition coefficient (Wildman–Crippen LogP) is 1.08. The Hall–Kier alpha value is -0.910. The molecule has 3 rings (SSSR count). The number of likely N-dealkylation sites (tertiary alicyclic amines) is 1. The van der Waals surface area contributed by atoms with Crippen molar-refractivity contribution in [1.29, 1.82) is 0 Å². The van der Waals surface area contributed by atoms with E-state index in [9.17, 15) is 5.11 Å². The van der Waals surface area contributed by atoms with Crippen LogP contribution in [0.25, 0.3) is 0 Å². The molecule has 0 amide bonds. The van der Waals surface area contributed by atoms with Crippen molar-refractivity contribution in [1.82, 2.24) is 14.5 Å². The van der Waals surface area contributed by atoms with Crippen LogP contribution in [0.2, 0.25) is 0 Å². The monoisotopic (exact) mass is 265 g/mol. The summed E-state index contributed by atoms with van der Waals surface area (Å²) in [4.78, 5) is 6.71. The van der Waals surface area contributed by atoms with E-state index in [1.165, 1.54) is 12.8 Å². The highest BCUT2D eigenvalue weighted by Gasteiger charge is 2.52. The molecule has 0 radical (unpaired) electrons. The average molecular weight is 265 g/mol. The van der Waals surface area contributed by atoms with E-state index >= 15 is 0 Å². The number of aromatic nitrogens is 2. The fourth-order valence-corrected chi connectivity index (χ4v) is 3.31. The van der Waals surface area contributed by atoms with Gasteiger partial charge in [-0.2, -0.15) is 0 Å². The third-order valence-corrected chi connectivity index (χ3v) is 4.58. The Balaban J connectivity index is 1.66. The van der Waals surface area contributed by atoms with Crippen molar-refractivity contribution in [2.45, 2.75) is 38.6 Å². The second kappa shape index (κ2) is 4.89. The first-order valence-corrected chi connectivity index (χ1v) is 7.07. The highest BCUT2D eigenvalue weighted by molar-refractivity contribution is 5.05. The molecule has 5 heteroatoms. The minimum atomic E-state index is -0.474. The molecule has 5 nitrogen and oxygen atoms in total. The van der Waals surface area contributed by atoms with E-state index in [0.29, 0.717) is 18.6 Å². The van der Waals surface area contributed by atoms with Crippen LogP contribution in [0.15, 0.2) is 12.4 Å². The summed E-state index contributed by atoms with van der Waals surface area (Å²) in [6, 6.07) is 0. The lowest BCUT2D eigenvalue weighted by Gasteiger charge is -2.26. The second-order valence-corrected chi connectivity index (χ2v) is 6.07. The van der Waals surface area contributed by atoms with Crippen molar-refractivity contribution < 1.29 is 9.84 Å². The molecule has 1 aromatic heterocycles. The van der Waals surface area contributed by atoms with Gasteiger partial charge >= 0.3 is 0 Å². The molecular formula is C14H23N3O2. The number of rotatable bonds is 5. The predicted molar refractivity (Wildman–Crippen MR) is 71.4 cm³/mol. The Labute approximate surface area is 114 Å². The van der Waals surface area contributed by atoms with Gasteiger partial charge in [0.2, 0.25) is 0 Å². The summed E-state index contributed by atoms with van der Waals surface area (Å²) in [5.41, 5.74) is -0.474. The van der Waals surface area contributed by atoms with Gasteiger partial charge in [0.25, 0.3) is 0 Å². The molecule has 2 heterocycles. The van der Waals surface area contributed by atoms with E-state index in [1.54, 1.807) is 13.3 Å². The quantitative estimate of drug-likeness (QED) is 0.865. The number of methoxy groups -OCH3 is 1. The molecule has 2 aliphatic rings. The number of nitrogens with zero attached hydrogens (tertiary/aromatic N) is 3. The van der Waals surface area contributed by atoms with E-state index in [-0.39, 0.29) is 0 Å². The zero-order valence-electron chi connectivity index (χ0n) is 11.7. The van der Waals surface area contributed by atoms with E-state index in [1.807, 2.05) is 10.8 Å². The Bertz CT molecular complexity index is 444. The minimum absolute atomic E-state index is 0.353. The summed E-state index contributed by atoms with van der Waals surface area (Å²) < 4.78 is 7.17. The Morgan fingerprint density at radius 1 is 1.53 bits per heavy atom. The first kappa shape index (κ1) is 13.1. The summed E-state index contributed by atoms with van der Waals surface area (Å²) in [6.45, 7) is 5.22. The number of ether oxygens (including phenoxy) is 1. The topological polar surface area (TPSA) is 50.5 Å². The molecule has 0 spiro atoms. The lowest BCUT2D eigenvalue weighted by atomic mass is 9.88. The molecule has 1 saturated heterocycles. The lowest BCUT2D eigenvalue weighted by molar-refractivity contribution is -0.00467. The van der Waals surface area contributed by atoms with Gasteiger partial charge in [-0.25, -0.2) is 4.98 Å². The lowest BCUT2D eigenvalue weighted by Crippen LogP contribution is -2.39. The molecule has 106 valence electrons. The smallest absolute Gasteiger partial charge is 0.124 e. The van der Waals surface area contributed by atoms with Crippen LogP contribution in [0.4, 0.5) is 0 Å². The fraction of sp³-hybridized carbons (Fsp3) is 0.786. The number of β-amino-alcohol motifs (C(OH)–C–C–N with tert-alkyl or cyclic N) is 1. The number of hydrogen-bond donors (Lipinski definition) is 1. The molecule has 19 heavy (non-hydrogen) atoms. The van der Waals surface area contributed by atoms with E-state index in [2.05, 4.69) is 16.8 Å². The molecule has 1 N–H and O–H groups in total. The summed E-state index contributed by atoms with van der Waals surface area (Å²) in [7, 11) is 1.69. The van der Waals surface area contributed by atoms with Gasteiger partial charge in [-0.05, 0) is 24.7 Å². The second-order valence-electron chi connectivity index (χ2n) is 6.07. The molecule has 1 aliphatic carbocycles. The van der Waals surface area contributed by atoms with Gasteiger partial charge in [-0.3, -0.25) is 4.90 Å². The maximum Gasteiger partial charge on any atom is 0.124 e. The average Bonchev–Trinajstić information content (AvgIpc) is 3.08. The SMILES string of the molecule is COCn1ccnc1CN1C[C@@H](C)[C@](O)(C2CC2)C1. The van der Waals surface area contributed by atoms with Crippen LogP contribution < -0.4 is 0 Å². The molecule has 2 atom stereocenters. The van der Waals surface area contributed by atoms with Crippen LogP contribution in [-0.2, 0) is 18.0 Å². The van der Waals surface area contributed by atoms with Crippen molar-refractivity contribution in [3.63, 3.8) is 0 Å². The van der Waals surface area contributed by atoms with Crippen molar-refractivity contribution in [3.05, 3.63) is 18.2 Å². The van der Waals surface area contributed by atoms with Crippen LogP contribution in [0, 0.1) is 11.8 Å². The Kier molecular flexibility index (Phi) is 3.37. The van der Waals surface area contributed by atoms with Gasteiger partial charge in [0, 0.05) is 32.6 Å². The van der Waals surface area contributed by atoms with Crippen molar-refractivity contribution in [3.8, 4) is 0 Å². The van der Waals surface area contributed by atoms with E-state index in [4.69, 9.17) is 4.74 Å². The molecule has 1 aromatic rings. The maximum atomic E-state index is 10.8. The van der Waals surface area contributed by atoms with Gasteiger partial charge < -0.3 is 14.4 Å². The van der Waals surface area contributed by atoms with Crippen LogP contribution in [-0.4, -0.2) is 45.4 Å². The first-order valence-electron chi connectivity index (χ1n) is 7.07. The van der Waals surface area contributed by atoms with E-state index < -0.39 is 5.60 Å². The molecule has 2 fully saturated rings. The van der Waals surface area contributed by atoms with Crippen LogP contribution >= 0.6 is 0 Å². The molecule has 1 aliphatic heterocycles. The number of aliphatic hydroxyl groups is 1. The molecule has 0 aromatic carbocycles. The van der Waals surface area contributed by atoms with Crippen LogP contribution in [0.1, 0.15) is 25.6 Å². The molecule has 1 saturated carbocycles. The van der Waals surface area contributed by atoms with Crippen LogP contribution in [0.3, 0.4) is 0 Å². The molecular weight excluding hydrogens is 242 g/mol. The summed E-state index contributed by atoms with van der Waals surface area (Å²) in [5, 5.41) is 10.8. The third kappa shape index (κ3) is 2.42. The van der Waals surface area contributed by atoms with E-state index in [0.717, 1.165) is 25.5 Å². The molecule has 0 bridgehead atoms. The van der Waals surface area contributed by atoms with Gasteiger partial charge in [0.05, 0.1) is 12.1 Å². The summed E-state index contributed by atoms with van der Waals surface area (Å²) in [5.74, 6) is 1.88. The van der Waals surface area contributed by atoms with Crippen LogP contribution in [0.5, 0.6) is 0 Å². The number of imidazole rings is 1. The van der Waals surface area contributed by atoms with Gasteiger partial charge in [-0.15, -0.1) is 0 Å². The molecule has 0 unspecified atom stereocenters. The summed E-state index contributed by atoms with van der Waals surface area (Å²) in [6.07, 6.45) is 6.12. The zero-order chi connectivity index (χ0) is 13.5. The van der Waals surface area contributed by atoms with Crippen molar-refractivity contribution >= 4 is 0 Å². The first-order chi connectivity index (χ1) is 9.13. The number of hydrogen-bond acceptors (Lipinski definition) is 4. The third-order valence-electron chi connectivity index (χ3n) is 4.58. The normalized spacial score (nSPS) is 32.1. The Morgan fingerprint density at radius 3 is 3.00 bits per heavy atom. The largest absolute Gasteiger partial charge is 0.388 e. The van der Waals surface area contributed by atoms with Gasteiger partial charge in [0.15, 0.2) is 0 Å². The summed E-state index contributed by atoms with van der Waals surface area (Å²) >= 11 is 0. The Morgan fingerprint density at radius 2 is 2.32 bits per heavy atom. The minimum Gasteiger partial charge on any atom is -0.388 e. The van der Waals surface area contributed by atoms with Gasteiger partial charge in [0.1, 0.15) is 12.6 Å².